The maximum absolute atomic E-state index is 12.6. The lowest BCUT2D eigenvalue weighted by Crippen LogP contribution is -2.33. The second-order valence-corrected chi connectivity index (χ2v) is 5.81. The van der Waals surface area contributed by atoms with E-state index in [1.165, 1.54) is 6.20 Å². The summed E-state index contributed by atoms with van der Waals surface area (Å²) in [5, 5.41) is 6.51. The summed E-state index contributed by atoms with van der Waals surface area (Å²) in [6.45, 7) is 0.573. The molecule has 1 aliphatic carbocycles. The highest BCUT2D eigenvalue weighted by molar-refractivity contribution is 9.10. The van der Waals surface area contributed by atoms with Crippen molar-refractivity contribution in [2.75, 3.05) is 5.73 Å². The summed E-state index contributed by atoms with van der Waals surface area (Å²) >= 11 is 3.52. The van der Waals surface area contributed by atoms with E-state index in [2.05, 4.69) is 26.1 Å². The molecule has 0 aliphatic heterocycles. The zero-order chi connectivity index (χ0) is 14.1. The number of anilines is 1. The summed E-state index contributed by atoms with van der Waals surface area (Å²) in [4.78, 5) is 14.4. The standard InChI is InChI=1S/C14H15BrN4O/c15-11-4-2-1-3-9(11)8-19(10-5-6-10)14(20)13-12(16)7-17-18-13/h1-4,7,10H,5-6,8,16H2,(H,17,18). The molecule has 0 spiro atoms. The van der Waals surface area contributed by atoms with Crippen LogP contribution < -0.4 is 5.73 Å². The van der Waals surface area contributed by atoms with Crippen molar-refractivity contribution in [1.29, 1.82) is 0 Å². The lowest BCUT2D eigenvalue weighted by atomic mass is 10.2. The molecular weight excluding hydrogens is 320 g/mol. The Bertz CT molecular complexity index is 636. The monoisotopic (exact) mass is 334 g/mol. The van der Waals surface area contributed by atoms with E-state index in [4.69, 9.17) is 5.73 Å². The number of halogens is 1. The molecule has 1 aromatic carbocycles. The fourth-order valence-corrected chi connectivity index (χ4v) is 2.58. The number of aromatic amines is 1. The van der Waals surface area contributed by atoms with Crippen LogP contribution in [-0.4, -0.2) is 27.0 Å². The molecule has 1 heterocycles. The van der Waals surface area contributed by atoms with Gasteiger partial charge in [0.1, 0.15) is 5.69 Å². The SMILES string of the molecule is Nc1cn[nH]c1C(=O)N(Cc1ccccc1Br)C1CC1. The van der Waals surface area contributed by atoms with Crippen LogP contribution in [0.15, 0.2) is 34.9 Å². The number of benzene rings is 1. The summed E-state index contributed by atoms with van der Waals surface area (Å²) in [7, 11) is 0. The number of nitrogens with zero attached hydrogens (tertiary/aromatic N) is 2. The Labute approximate surface area is 125 Å². The van der Waals surface area contributed by atoms with E-state index in [9.17, 15) is 4.79 Å². The number of H-pyrrole nitrogens is 1. The normalized spacial score (nSPS) is 14.2. The van der Waals surface area contributed by atoms with Crippen molar-refractivity contribution in [1.82, 2.24) is 15.1 Å². The van der Waals surface area contributed by atoms with E-state index in [-0.39, 0.29) is 5.91 Å². The molecule has 6 heteroatoms. The number of carbonyl (C=O) groups is 1. The van der Waals surface area contributed by atoms with E-state index in [0.717, 1.165) is 22.9 Å². The Morgan fingerprint density at radius 1 is 1.45 bits per heavy atom. The largest absolute Gasteiger partial charge is 0.396 e. The van der Waals surface area contributed by atoms with Crippen LogP contribution >= 0.6 is 15.9 Å². The predicted molar refractivity (Wildman–Crippen MR) is 80.0 cm³/mol. The van der Waals surface area contributed by atoms with Crippen LogP contribution in [0.5, 0.6) is 0 Å². The van der Waals surface area contributed by atoms with Crippen molar-refractivity contribution in [3.8, 4) is 0 Å². The summed E-state index contributed by atoms with van der Waals surface area (Å²) in [5.41, 5.74) is 7.64. The minimum atomic E-state index is -0.0850. The zero-order valence-corrected chi connectivity index (χ0v) is 12.4. The first-order chi connectivity index (χ1) is 9.66. The summed E-state index contributed by atoms with van der Waals surface area (Å²) in [6.07, 6.45) is 3.56. The average molecular weight is 335 g/mol. The Morgan fingerprint density at radius 3 is 2.80 bits per heavy atom. The van der Waals surface area contributed by atoms with Crippen LogP contribution in [0, 0.1) is 0 Å². The molecule has 2 aromatic rings. The van der Waals surface area contributed by atoms with Crippen LogP contribution in [0.2, 0.25) is 0 Å². The Morgan fingerprint density at radius 2 is 2.20 bits per heavy atom. The van der Waals surface area contributed by atoms with E-state index >= 15 is 0 Å². The van der Waals surface area contributed by atoms with Gasteiger partial charge < -0.3 is 10.6 Å². The number of rotatable bonds is 4. The summed E-state index contributed by atoms with van der Waals surface area (Å²) in [5.74, 6) is -0.0850. The van der Waals surface area contributed by atoms with Gasteiger partial charge in [-0.2, -0.15) is 5.10 Å². The Hall–Kier alpha value is -1.82. The third kappa shape index (κ3) is 2.56. The van der Waals surface area contributed by atoms with Gasteiger partial charge in [0.2, 0.25) is 0 Å². The highest BCUT2D eigenvalue weighted by Crippen LogP contribution is 2.31. The van der Waals surface area contributed by atoms with E-state index in [1.54, 1.807) is 0 Å². The third-order valence-electron chi connectivity index (χ3n) is 3.43. The van der Waals surface area contributed by atoms with Gasteiger partial charge in [-0.05, 0) is 24.5 Å². The van der Waals surface area contributed by atoms with Crippen molar-refractivity contribution in [2.24, 2.45) is 0 Å². The molecule has 1 aliphatic rings. The molecule has 1 saturated carbocycles. The van der Waals surface area contributed by atoms with Gasteiger partial charge in [-0.25, -0.2) is 0 Å². The maximum atomic E-state index is 12.6. The number of nitrogens with one attached hydrogen (secondary N) is 1. The molecule has 5 nitrogen and oxygen atoms in total. The smallest absolute Gasteiger partial charge is 0.274 e. The first kappa shape index (κ1) is 13.2. The number of hydrogen-bond donors (Lipinski definition) is 2. The Balaban J connectivity index is 1.85. The number of amides is 1. The topological polar surface area (TPSA) is 75.0 Å². The van der Waals surface area contributed by atoms with Crippen LogP contribution in [0.25, 0.3) is 0 Å². The second-order valence-electron chi connectivity index (χ2n) is 4.96. The fourth-order valence-electron chi connectivity index (χ4n) is 2.17. The first-order valence-corrected chi connectivity index (χ1v) is 7.29. The van der Waals surface area contributed by atoms with Crippen molar-refractivity contribution >= 4 is 27.5 Å². The molecule has 1 fully saturated rings. The van der Waals surface area contributed by atoms with E-state index in [0.29, 0.717) is 24.0 Å². The molecule has 104 valence electrons. The minimum Gasteiger partial charge on any atom is -0.396 e. The number of aromatic nitrogens is 2. The van der Waals surface area contributed by atoms with Crippen molar-refractivity contribution < 1.29 is 4.79 Å². The van der Waals surface area contributed by atoms with Gasteiger partial charge in [0.15, 0.2) is 0 Å². The minimum absolute atomic E-state index is 0.0850. The molecule has 0 unspecified atom stereocenters. The van der Waals surface area contributed by atoms with Crippen molar-refractivity contribution in [3.05, 3.63) is 46.2 Å². The third-order valence-corrected chi connectivity index (χ3v) is 4.20. The molecule has 3 rings (SSSR count). The number of carbonyl (C=O) groups excluding carboxylic acids is 1. The van der Waals surface area contributed by atoms with Crippen LogP contribution in [0.4, 0.5) is 5.69 Å². The molecule has 0 atom stereocenters. The van der Waals surface area contributed by atoms with E-state index in [1.807, 2.05) is 29.2 Å². The van der Waals surface area contributed by atoms with Crippen LogP contribution in [0.3, 0.4) is 0 Å². The Kier molecular flexibility index (Phi) is 3.48. The quantitative estimate of drug-likeness (QED) is 0.902. The molecule has 20 heavy (non-hydrogen) atoms. The zero-order valence-electron chi connectivity index (χ0n) is 10.8. The summed E-state index contributed by atoms with van der Waals surface area (Å²) < 4.78 is 1.01. The van der Waals surface area contributed by atoms with Crippen LogP contribution in [0.1, 0.15) is 28.9 Å². The highest BCUT2D eigenvalue weighted by Gasteiger charge is 2.34. The number of nitrogens with two attached hydrogens (primary N) is 1. The second kappa shape index (κ2) is 5.28. The van der Waals surface area contributed by atoms with Crippen molar-refractivity contribution in [2.45, 2.75) is 25.4 Å². The lowest BCUT2D eigenvalue weighted by molar-refractivity contribution is 0.0724. The maximum Gasteiger partial charge on any atom is 0.274 e. The average Bonchev–Trinajstić information content (AvgIpc) is 3.19. The fraction of sp³-hybridized carbons (Fsp3) is 0.286. The van der Waals surface area contributed by atoms with Gasteiger partial charge >= 0.3 is 0 Å². The molecule has 3 N–H and O–H groups in total. The lowest BCUT2D eigenvalue weighted by Gasteiger charge is -2.22. The van der Waals surface area contributed by atoms with Gasteiger partial charge in [-0.1, -0.05) is 34.1 Å². The predicted octanol–water partition coefficient (Wildman–Crippen LogP) is 2.56. The van der Waals surface area contributed by atoms with Gasteiger partial charge in [0.05, 0.1) is 11.9 Å². The van der Waals surface area contributed by atoms with Crippen LogP contribution in [-0.2, 0) is 6.54 Å². The van der Waals surface area contributed by atoms with Gasteiger partial charge in [0.25, 0.3) is 5.91 Å². The highest BCUT2D eigenvalue weighted by atomic mass is 79.9. The molecule has 0 radical (unpaired) electrons. The molecular formula is C14H15BrN4O. The van der Waals surface area contributed by atoms with Crippen molar-refractivity contribution in [3.63, 3.8) is 0 Å². The molecule has 0 saturated heterocycles. The first-order valence-electron chi connectivity index (χ1n) is 6.50. The van der Waals surface area contributed by atoms with Gasteiger partial charge in [0, 0.05) is 17.1 Å². The van der Waals surface area contributed by atoms with Gasteiger partial charge in [-0.15, -0.1) is 0 Å². The number of nitrogen functional groups attached to an aromatic ring is 1. The van der Waals surface area contributed by atoms with Gasteiger partial charge in [-0.3, -0.25) is 9.89 Å². The van der Waals surface area contributed by atoms with E-state index < -0.39 is 0 Å². The summed E-state index contributed by atoms with van der Waals surface area (Å²) in [6, 6.07) is 8.24. The molecule has 1 aromatic heterocycles. The molecule has 1 amide bonds. The molecule has 0 bridgehead atoms. The number of hydrogen-bond acceptors (Lipinski definition) is 3.